The van der Waals surface area contributed by atoms with E-state index in [1.54, 1.807) is 42.6 Å². The van der Waals surface area contributed by atoms with Gasteiger partial charge < -0.3 is 5.32 Å². The van der Waals surface area contributed by atoms with E-state index in [2.05, 4.69) is 10.3 Å². The lowest BCUT2D eigenvalue weighted by Gasteiger charge is -2.06. The standard InChI is InChI=1S/C16H14N2O2/c19-15(11-6-7-11)12-3-1-5-14(9-12)18-16(20)13-4-2-8-17-10-13/h1-5,8-11H,6-7H2,(H,18,20). The quantitative estimate of drug-likeness (QED) is 0.865. The van der Waals surface area contributed by atoms with Crippen molar-refractivity contribution in [2.75, 3.05) is 5.32 Å². The molecule has 4 heteroatoms. The van der Waals surface area contributed by atoms with Crippen molar-refractivity contribution in [3.8, 4) is 0 Å². The van der Waals surface area contributed by atoms with Crippen molar-refractivity contribution in [2.45, 2.75) is 12.8 Å². The van der Waals surface area contributed by atoms with Crippen molar-refractivity contribution in [3.05, 3.63) is 59.9 Å². The van der Waals surface area contributed by atoms with Crippen LogP contribution >= 0.6 is 0 Å². The summed E-state index contributed by atoms with van der Waals surface area (Å²) in [5.74, 6) is 0.121. The van der Waals surface area contributed by atoms with E-state index in [9.17, 15) is 9.59 Å². The Morgan fingerprint density at radius 1 is 1.10 bits per heavy atom. The Balaban J connectivity index is 1.76. The molecule has 0 aliphatic heterocycles. The molecule has 0 atom stereocenters. The molecule has 4 nitrogen and oxygen atoms in total. The van der Waals surface area contributed by atoms with E-state index in [1.165, 1.54) is 6.20 Å². The van der Waals surface area contributed by atoms with Crippen LogP contribution < -0.4 is 5.32 Å². The summed E-state index contributed by atoms with van der Waals surface area (Å²) in [5.41, 5.74) is 1.79. The van der Waals surface area contributed by atoms with Gasteiger partial charge in [-0.1, -0.05) is 12.1 Å². The predicted molar refractivity (Wildman–Crippen MR) is 75.7 cm³/mol. The van der Waals surface area contributed by atoms with Crippen molar-refractivity contribution in [2.24, 2.45) is 5.92 Å². The minimum absolute atomic E-state index is 0.169. The molecule has 1 aliphatic carbocycles. The predicted octanol–water partition coefficient (Wildman–Crippen LogP) is 2.93. The Bertz CT molecular complexity index is 649. The van der Waals surface area contributed by atoms with Crippen LogP contribution in [0.15, 0.2) is 48.8 Å². The van der Waals surface area contributed by atoms with Gasteiger partial charge in [0.25, 0.3) is 5.91 Å². The number of nitrogens with one attached hydrogen (secondary N) is 1. The van der Waals surface area contributed by atoms with Gasteiger partial charge in [-0.3, -0.25) is 14.6 Å². The summed E-state index contributed by atoms with van der Waals surface area (Å²) in [6, 6.07) is 10.5. The van der Waals surface area contributed by atoms with Gasteiger partial charge in [0.15, 0.2) is 5.78 Å². The maximum atomic E-state index is 12.0. The SMILES string of the molecule is O=C(Nc1cccc(C(=O)C2CC2)c1)c1cccnc1. The molecule has 2 aromatic rings. The number of pyridine rings is 1. The zero-order chi connectivity index (χ0) is 13.9. The molecule has 0 bridgehead atoms. The third-order valence-electron chi connectivity index (χ3n) is 3.28. The van der Waals surface area contributed by atoms with Gasteiger partial charge in [-0.25, -0.2) is 0 Å². The highest BCUT2D eigenvalue weighted by molar-refractivity contribution is 6.05. The first-order valence-corrected chi connectivity index (χ1v) is 6.60. The molecule has 1 amide bonds. The fourth-order valence-electron chi connectivity index (χ4n) is 2.03. The summed E-state index contributed by atoms with van der Waals surface area (Å²) < 4.78 is 0. The average Bonchev–Trinajstić information content (AvgIpc) is 3.32. The van der Waals surface area contributed by atoms with Gasteiger partial charge in [-0.05, 0) is 37.1 Å². The Morgan fingerprint density at radius 2 is 1.90 bits per heavy atom. The van der Waals surface area contributed by atoms with Gasteiger partial charge in [0, 0.05) is 29.6 Å². The lowest BCUT2D eigenvalue weighted by molar-refractivity contribution is 0.0966. The Hall–Kier alpha value is -2.49. The second-order valence-electron chi connectivity index (χ2n) is 4.92. The second kappa shape index (κ2) is 5.25. The molecule has 0 unspecified atom stereocenters. The number of ketones is 1. The van der Waals surface area contributed by atoms with Crippen LogP contribution in [0.3, 0.4) is 0 Å². The molecule has 1 heterocycles. The summed E-state index contributed by atoms with van der Waals surface area (Å²) >= 11 is 0. The van der Waals surface area contributed by atoms with Crippen LogP contribution in [-0.4, -0.2) is 16.7 Å². The first-order chi connectivity index (χ1) is 9.74. The topological polar surface area (TPSA) is 59.1 Å². The molecular formula is C16H14N2O2. The van der Waals surface area contributed by atoms with E-state index in [0.29, 0.717) is 16.8 Å². The van der Waals surface area contributed by atoms with Crippen LogP contribution in [0.25, 0.3) is 0 Å². The highest BCUT2D eigenvalue weighted by Gasteiger charge is 2.30. The molecule has 0 radical (unpaired) electrons. The van der Waals surface area contributed by atoms with Crippen LogP contribution in [0.1, 0.15) is 33.6 Å². The Labute approximate surface area is 116 Å². The van der Waals surface area contributed by atoms with E-state index in [0.717, 1.165) is 12.8 Å². The minimum Gasteiger partial charge on any atom is -0.322 e. The zero-order valence-corrected chi connectivity index (χ0v) is 10.9. The molecule has 0 spiro atoms. The summed E-state index contributed by atoms with van der Waals surface area (Å²) in [5, 5.41) is 2.78. The number of hydrogen-bond acceptors (Lipinski definition) is 3. The first-order valence-electron chi connectivity index (χ1n) is 6.60. The number of benzene rings is 1. The molecule has 0 saturated heterocycles. The van der Waals surface area contributed by atoms with Gasteiger partial charge in [-0.15, -0.1) is 0 Å². The molecular weight excluding hydrogens is 252 g/mol. The molecule has 20 heavy (non-hydrogen) atoms. The summed E-state index contributed by atoms with van der Waals surface area (Å²) in [7, 11) is 0. The van der Waals surface area contributed by atoms with Crippen molar-refractivity contribution in [1.29, 1.82) is 0 Å². The molecule has 1 aromatic carbocycles. The number of hydrogen-bond donors (Lipinski definition) is 1. The van der Waals surface area contributed by atoms with E-state index >= 15 is 0 Å². The van der Waals surface area contributed by atoms with E-state index < -0.39 is 0 Å². The number of nitrogens with zero attached hydrogens (tertiary/aromatic N) is 1. The number of carbonyl (C=O) groups is 2. The third-order valence-corrected chi connectivity index (χ3v) is 3.28. The lowest BCUT2D eigenvalue weighted by atomic mass is 10.1. The number of anilines is 1. The van der Waals surface area contributed by atoms with Crippen molar-refractivity contribution < 1.29 is 9.59 Å². The van der Waals surface area contributed by atoms with Crippen LogP contribution in [0.5, 0.6) is 0 Å². The number of rotatable bonds is 4. The molecule has 1 aromatic heterocycles. The second-order valence-corrected chi connectivity index (χ2v) is 4.92. The summed E-state index contributed by atoms with van der Waals surface area (Å²) in [4.78, 5) is 27.9. The average molecular weight is 266 g/mol. The minimum atomic E-state index is -0.228. The van der Waals surface area contributed by atoms with Gasteiger partial charge in [0.2, 0.25) is 0 Å². The highest BCUT2D eigenvalue weighted by atomic mass is 16.1. The largest absolute Gasteiger partial charge is 0.322 e. The van der Waals surface area contributed by atoms with E-state index in [1.807, 2.05) is 0 Å². The number of aromatic nitrogens is 1. The molecule has 100 valence electrons. The molecule has 1 fully saturated rings. The summed E-state index contributed by atoms with van der Waals surface area (Å²) in [6.07, 6.45) is 5.08. The maximum Gasteiger partial charge on any atom is 0.257 e. The molecule has 1 aliphatic rings. The molecule has 1 saturated carbocycles. The van der Waals surface area contributed by atoms with E-state index in [4.69, 9.17) is 0 Å². The normalized spacial score (nSPS) is 13.8. The van der Waals surface area contributed by atoms with Crippen LogP contribution in [0, 0.1) is 5.92 Å². The zero-order valence-electron chi connectivity index (χ0n) is 10.9. The van der Waals surface area contributed by atoms with Crippen LogP contribution in [-0.2, 0) is 0 Å². The number of carbonyl (C=O) groups excluding carboxylic acids is 2. The smallest absolute Gasteiger partial charge is 0.257 e. The van der Waals surface area contributed by atoms with Crippen LogP contribution in [0.2, 0.25) is 0 Å². The Kier molecular flexibility index (Phi) is 3.29. The first kappa shape index (κ1) is 12.5. The third kappa shape index (κ3) is 2.74. The fourth-order valence-corrected chi connectivity index (χ4v) is 2.03. The van der Waals surface area contributed by atoms with Gasteiger partial charge >= 0.3 is 0 Å². The molecule has 1 N–H and O–H groups in total. The van der Waals surface area contributed by atoms with Crippen molar-refractivity contribution in [3.63, 3.8) is 0 Å². The van der Waals surface area contributed by atoms with Gasteiger partial charge in [0.1, 0.15) is 0 Å². The number of Topliss-reactive ketones (excluding diaryl/α,β-unsaturated/α-hetero) is 1. The van der Waals surface area contributed by atoms with E-state index in [-0.39, 0.29) is 17.6 Å². The van der Waals surface area contributed by atoms with Crippen molar-refractivity contribution >= 4 is 17.4 Å². The maximum absolute atomic E-state index is 12.0. The lowest BCUT2D eigenvalue weighted by Crippen LogP contribution is -2.12. The number of amides is 1. The van der Waals surface area contributed by atoms with Gasteiger partial charge in [0.05, 0.1) is 5.56 Å². The van der Waals surface area contributed by atoms with Crippen LogP contribution in [0.4, 0.5) is 5.69 Å². The van der Waals surface area contributed by atoms with Crippen molar-refractivity contribution in [1.82, 2.24) is 4.98 Å². The van der Waals surface area contributed by atoms with Gasteiger partial charge in [-0.2, -0.15) is 0 Å². The monoisotopic (exact) mass is 266 g/mol. The fraction of sp³-hybridized carbons (Fsp3) is 0.188. The Morgan fingerprint density at radius 3 is 2.60 bits per heavy atom. The summed E-state index contributed by atoms with van der Waals surface area (Å²) in [6.45, 7) is 0. The highest BCUT2D eigenvalue weighted by Crippen LogP contribution is 2.33. The molecule has 3 rings (SSSR count).